The van der Waals surface area contributed by atoms with Crippen molar-refractivity contribution in [3.63, 3.8) is 0 Å². The molecule has 1 aliphatic rings. The molecular formula is C15H19N5O. The van der Waals surface area contributed by atoms with Crippen molar-refractivity contribution in [2.75, 3.05) is 31.2 Å². The van der Waals surface area contributed by atoms with E-state index in [-0.39, 0.29) is 0 Å². The van der Waals surface area contributed by atoms with Crippen molar-refractivity contribution < 1.29 is 4.74 Å². The van der Waals surface area contributed by atoms with E-state index in [9.17, 15) is 0 Å². The summed E-state index contributed by atoms with van der Waals surface area (Å²) in [5.41, 5.74) is 8.96. The number of nitrogens with zero attached hydrogens (tertiary/aromatic N) is 2. The van der Waals surface area contributed by atoms with Crippen molar-refractivity contribution in [1.29, 1.82) is 0 Å². The van der Waals surface area contributed by atoms with Gasteiger partial charge in [-0.3, -0.25) is 0 Å². The van der Waals surface area contributed by atoms with Crippen LogP contribution in [0.3, 0.4) is 0 Å². The molecule has 0 bridgehead atoms. The first-order valence-electron chi connectivity index (χ1n) is 7.03. The summed E-state index contributed by atoms with van der Waals surface area (Å²) < 4.78 is 5.16. The molecule has 0 saturated carbocycles. The molecule has 0 saturated heterocycles. The minimum absolute atomic E-state index is 0.312. The Labute approximate surface area is 123 Å². The van der Waals surface area contributed by atoms with Gasteiger partial charge in [0.1, 0.15) is 11.6 Å². The molecule has 0 atom stereocenters. The zero-order valence-corrected chi connectivity index (χ0v) is 12.0. The molecule has 0 spiro atoms. The fourth-order valence-corrected chi connectivity index (χ4v) is 2.48. The Morgan fingerprint density at radius 1 is 1.14 bits per heavy atom. The number of aromatic nitrogens is 2. The third-order valence-electron chi connectivity index (χ3n) is 3.55. The Morgan fingerprint density at radius 3 is 2.67 bits per heavy atom. The molecule has 110 valence electrons. The van der Waals surface area contributed by atoms with Crippen molar-refractivity contribution in [2.24, 2.45) is 0 Å². The summed E-state index contributed by atoms with van der Waals surface area (Å²) in [6, 6.07) is 7.73. The SMILES string of the molecule is COc1ccc(Nc2nc(N)nc3c2CCNCC3)cc1. The maximum absolute atomic E-state index is 5.83. The molecule has 0 amide bonds. The van der Waals surface area contributed by atoms with E-state index in [2.05, 4.69) is 20.6 Å². The molecule has 6 heteroatoms. The number of benzene rings is 1. The number of nitrogens with one attached hydrogen (secondary N) is 2. The second-order valence-electron chi connectivity index (χ2n) is 4.96. The molecule has 6 nitrogen and oxygen atoms in total. The van der Waals surface area contributed by atoms with Crippen molar-refractivity contribution in [2.45, 2.75) is 12.8 Å². The van der Waals surface area contributed by atoms with E-state index in [0.29, 0.717) is 5.95 Å². The Balaban J connectivity index is 1.91. The van der Waals surface area contributed by atoms with Gasteiger partial charge in [0.2, 0.25) is 5.95 Å². The molecule has 2 aromatic rings. The first-order chi connectivity index (χ1) is 10.3. The summed E-state index contributed by atoms with van der Waals surface area (Å²) in [6.07, 6.45) is 1.77. The molecule has 4 N–H and O–H groups in total. The van der Waals surface area contributed by atoms with E-state index >= 15 is 0 Å². The Morgan fingerprint density at radius 2 is 1.90 bits per heavy atom. The van der Waals surface area contributed by atoms with Crippen LogP contribution in [0.4, 0.5) is 17.5 Å². The average molecular weight is 285 g/mol. The number of hydrogen-bond donors (Lipinski definition) is 3. The predicted molar refractivity (Wildman–Crippen MR) is 83.0 cm³/mol. The van der Waals surface area contributed by atoms with E-state index < -0.39 is 0 Å². The number of nitrogen functional groups attached to an aromatic ring is 1. The molecule has 0 aliphatic carbocycles. The maximum Gasteiger partial charge on any atom is 0.222 e. The van der Waals surface area contributed by atoms with Crippen LogP contribution in [0.1, 0.15) is 11.3 Å². The van der Waals surface area contributed by atoms with Gasteiger partial charge in [0, 0.05) is 24.2 Å². The highest BCUT2D eigenvalue weighted by Crippen LogP contribution is 2.25. The third-order valence-corrected chi connectivity index (χ3v) is 3.55. The Bertz CT molecular complexity index is 627. The van der Waals surface area contributed by atoms with Gasteiger partial charge in [-0.15, -0.1) is 0 Å². The zero-order valence-electron chi connectivity index (χ0n) is 12.0. The quantitative estimate of drug-likeness (QED) is 0.792. The second-order valence-corrected chi connectivity index (χ2v) is 4.96. The van der Waals surface area contributed by atoms with Gasteiger partial charge in [-0.1, -0.05) is 0 Å². The summed E-state index contributed by atoms with van der Waals surface area (Å²) in [4.78, 5) is 8.73. The molecule has 0 radical (unpaired) electrons. The zero-order chi connectivity index (χ0) is 14.7. The number of rotatable bonds is 3. The highest BCUT2D eigenvalue weighted by Gasteiger charge is 2.15. The van der Waals surface area contributed by atoms with Crippen LogP contribution >= 0.6 is 0 Å². The summed E-state index contributed by atoms with van der Waals surface area (Å²) in [5.74, 6) is 1.93. The number of ether oxygens (including phenoxy) is 1. The van der Waals surface area contributed by atoms with Gasteiger partial charge < -0.3 is 21.1 Å². The van der Waals surface area contributed by atoms with Crippen LogP contribution in [0.5, 0.6) is 5.75 Å². The number of nitrogens with two attached hydrogens (primary N) is 1. The van der Waals surface area contributed by atoms with Crippen molar-refractivity contribution in [3.8, 4) is 5.75 Å². The van der Waals surface area contributed by atoms with Gasteiger partial charge in [-0.05, 0) is 37.2 Å². The van der Waals surface area contributed by atoms with Gasteiger partial charge in [-0.25, -0.2) is 4.98 Å². The standard InChI is InChI=1S/C15H19N5O/c1-21-11-4-2-10(3-5-11)18-14-12-6-8-17-9-7-13(12)19-15(16)20-14/h2-5,17H,6-9H2,1H3,(H3,16,18,19,20). The number of anilines is 3. The molecule has 2 heterocycles. The molecular weight excluding hydrogens is 266 g/mol. The van der Waals surface area contributed by atoms with E-state index in [1.54, 1.807) is 7.11 Å². The highest BCUT2D eigenvalue weighted by molar-refractivity contribution is 5.62. The Hall–Kier alpha value is -2.34. The topological polar surface area (TPSA) is 85.1 Å². The van der Waals surface area contributed by atoms with Crippen LogP contribution in [-0.4, -0.2) is 30.2 Å². The van der Waals surface area contributed by atoms with Crippen LogP contribution in [0.25, 0.3) is 0 Å². The van der Waals surface area contributed by atoms with E-state index in [1.165, 1.54) is 0 Å². The molecule has 21 heavy (non-hydrogen) atoms. The molecule has 1 aromatic heterocycles. The van der Waals surface area contributed by atoms with Crippen molar-refractivity contribution in [1.82, 2.24) is 15.3 Å². The number of fused-ring (bicyclic) bond motifs is 1. The van der Waals surface area contributed by atoms with Crippen LogP contribution in [0.15, 0.2) is 24.3 Å². The summed E-state index contributed by atoms with van der Waals surface area (Å²) in [6.45, 7) is 1.85. The van der Waals surface area contributed by atoms with Crippen LogP contribution in [0.2, 0.25) is 0 Å². The molecule has 1 aliphatic heterocycles. The van der Waals surface area contributed by atoms with Gasteiger partial charge in [0.15, 0.2) is 0 Å². The van der Waals surface area contributed by atoms with Gasteiger partial charge in [0.05, 0.1) is 12.8 Å². The third kappa shape index (κ3) is 3.05. The number of hydrogen-bond acceptors (Lipinski definition) is 6. The lowest BCUT2D eigenvalue weighted by molar-refractivity contribution is 0.415. The summed E-state index contributed by atoms with van der Waals surface area (Å²) in [5, 5.41) is 6.70. The maximum atomic E-state index is 5.83. The van der Waals surface area contributed by atoms with E-state index in [4.69, 9.17) is 10.5 Å². The van der Waals surface area contributed by atoms with Crippen LogP contribution in [0, 0.1) is 0 Å². The van der Waals surface area contributed by atoms with E-state index in [0.717, 1.165) is 54.4 Å². The lowest BCUT2D eigenvalue weighted by atomic mass is 10.1. The van der Waals surface area contributed by atoms with Crippen molar-refractivity contribution >= 4 is 17.5 Å². The fourth-order valence-electron chi connectivity index (χ4n) is 2.48. The second kappa shape index (κ2) is 5.97. The van der Waals surface area contributed by atoms with Crippen LogP contribution < -0.4 is 21.1 Å². The van der Waals surface area contributed by atoms with Gasteiger partial charge in [-0.2, -0.15) is 4.98 Å². The lowest BCUT2D eigenvalue weighted by Gasteiger charge is -2.13. The van der Waals surface area contributed by atoms with E-state index in [1.807, 2.05) is 24.3 Å². The summed E-state index contributed by atoms with van der Waals surface area (Å²) >= 11 is 0. The molecule has 1 aromatic carbocycles. The first-order valence-corrected chi connectivity index (χ1v) is 7.03. The monoisotopic (exact) mass is 285 g/mol. The average Bonchev–Trinajstić information content (AvgIpc) is 2.73. The Kier molecular flexibility index (Phi) is 3.87. The fraction of sp³-hybridized carbons (Fsp3) is 0.333. The van der Waals surface area contributed by atoms with Gasteiger partial charge >= 0.3 is 0 Å². The lowest BCUT2D eigenvalue weighted by Crippen LogP contribution is -2.16. The van der Waals surface area contributed by atoms with Gasteiger partial charge in [0.25, 0.3) is 0 Å². The summed E-state index contributed by atoms with van der Waals surface area (Å²) in [7, 11) is 1.65. The predicted octanol–water partition coefficient (Wildman–Crippen LogP) is 1.50. The highest BCUT2D eigenvalue weighted by atomic mass is 16.5. The minimum Gasteiger partial charge on any atom is -0.497 e. The molecule has 3 rings (SSSR count). The van der Waals surface area contributed by atoms with Crippen LogP contribution in [-0.2, 0) is 12.8 Å². The largest absolute Gasteiger partial charge is 0.497 e. The normalized spacial score (nSPS) is 14.1. The smallest absolute Gasteiger partial charge is 0.222 e. The van der Waals surface area contributed by atoms with Crippen molar-refractivity contribution in [3.05, 3.63) is 35.5 Å². The first kappa shape index (κ1) is 13.6. The molecule has 0 unspecified atom stereocenters. The molecule has 0 fully saturated rings. The number of methoxy groups -OCH3 is 1. The minimum atomic E-state index is 0.312.